The number of nitrogens with zero attached hydrogens (tertiary/aromatic N) is 1. The van der Waals surface area contributed by atoms with Crippen LogP contribution in [0.3, 0.4) is 0 Å². The lowest BCUT2D eigenvalue weighted by Gasteiger charge is -2.31. The summed E-state index contributed by atoms with van der Waals surface area (Å²) in [6, 6.07) is 17.2. The number of methoxy groups -OCH3 is 1. The van der Waals surface area contributed by atoms with Gasteiger partial charge in [-0.1, -0.05) is 42.5 Å². The third kappa shape index (κ3) is 4.42. The van der Waals surface area contributed by atoms with Crippen molar-refractivity contribution in [3.05, 3.63) is 71.3 Å². The highest BCUT2D eigenvalue weighted by Crippen LogP contribution is 2.32. The molecule has 0 spiro atoms. The van der Waals surface area contributed by atoms with E-state index in [0.717, 1.165) is 7.11 Å². The number of esters is 1. The predicted octanol–water partition coefficient (Wildman–Crippen LogP) is 2.26. The largest absolute Gasteiger partial charge is 0.479 e. The van der Waals surface area contributed by atoms with E-state index >= 15 is 0 Å². The first-order chi connectivity index (χ1) is 14.0. The molecule has 0 aliphatic carbocycles. The lowest BCUT2D eigenvalue weighted by molar-refractivity contribution is -0.150. The minimum Gasteiger partial charge on any atom is -0.479 e. The van der Waals surface area contributed by atoms with Gasteiger partial charge in [0.25, 0.3) is 5.78 Å². The SMILES string of the molecule is COC(=O)C(=O)C1=C(c2ccccc2)NC(=S)N[C@H]1c1ccc(OCC#N)cc1. The highest BCUT2D eigenvalue weighted by atomic mass is 32.1. The van der Waals surface area contributed by atoms with Crippen molar-refractivity contribution in [2.75, 3.05) is 13.7 Å². The number of hydrogen-bond acceptors (Lipinski definition) is 6. The summed E-state index contributed by atoms with van der Waals surface area (Å²) in [5, 5.41) is 15.0. The molecule has 146 valence electrons. The number of rotatable bonds is 6. The second-order valence-electron chi connectivity index (χ2n) is 6.02. The van der Waals surface area contributed by atoms with Gasteiger partial charge in [-0.3, -0.25) is 4.79 Å². The summed E-state index contributed by atoms with van der Waals surface area (Å²) >= 11 is 5.33. The number of carbonyl (C=O) groups is 2. The van der Waals surface area contributed by atoms with Gasteiger partial charge in [0.2, 0.25) is 0 Å². The zero-order valence-corrected chi connectivity index (χ0v) is 16.3. The number of nitrogens with one attached hydrogen (secondary N) is 2. The smallest absolute Gasteiger partial charge is 0.379 e. The standard InChI is InChI=1S/C21H17N3O4S/c1-27-20(26)19(25)16-17(13-5-3-2-4-6-13)23-21(29)24-18(16)14-7-9-15(10-8-14)28-12-11-22/h2-10,18H,12H2,1H3,(H2,23,24,29)/t18-/m0/s1. The van der Waals surface area contributed by atoms with Crippen LogP contribution in [-0.4, -0.2) is 30.6 Å². The van der Waals surface area contributed by atoms with E-state index in [9.17, 15) is 9.59 Å². The van der Waals surface area contributed by atoms with E-state index in [0.29, 0.717) is 27.7 Å². The third-order valence-corrected chi connectivity index (χ3v) is 4.49. The van der Waals surface area contributed by atoms with E-state index in [1.165, 1.54) is 0 Å². The maximum Gasteiger partial charge on any atom is 0.379 e. The Labute approximate surface area is 172 Å². The van der Waals surface area contributed by atoms with Crippen LogP contribution in [0.1, 0.15) is 17.2 Å². The van der Waals surface area contributed by atoms with Crippen LogP contribution in [0.15, 0.2) is 60.2 Å². The fourth-order valence-corrected chi connectivity index (χ4v) is 3.19. The van der Waals surface area contributed by atoms with Crippen molar-refractivity contribution in [1.82, 2.24) is 10.6 Å². The molecular formula is C21H17N3O4S. The Kier molecular flexibility index (Phi) is 6.22. The Bertz CT molecular complexity index is 1010. The molecule has 8 heteroatoms. The molecule has 0 fully saturated rings. The Balaban J connectivity index is 2.10. The van der Waals surface area contributed by atoms with Crippen molar-refractivity contribution in [1.29, 1.82) is 5.26 Å². The normalized spacial score (nSPS) is 15.6. The zero-order valence-electron chi connectivity index (χ0n) is 15.5. The lowest BCUT2D eigenvalue weighted by atomic mass is 9.90. The molecule has 2 N–H and O–H groups in total. The third-order valence-electron chi connectivity index (χ3n) is 4.27. The van der Waals surface area contributed by atoms with Crippen molar-refractivity contribution >= 4 is 34.8 Å². The molecule has 2 aromatic rings. The first kappa shape index (κ1) is 20.0. The number of Topliss-reactive ketones (excluding diaryl/α,β-unsaturated/α-hetero) is 1. The fourth-order valence-electron chi connectivity index (χ4n) is 2.97. The molecule has 0 aromatic heterocycles. The van der Waals surface area contributed by atoms with Crippen LogP contribution < -0.4 is 15.4 Å². The second-order valence-corrected chi connectivity index (χ2v) is 6.43. The fraction of sp³-hybridized carbons (Fsp3) is 0.143. The number of nitriles is 1. The number of hydrogen-bond donors (Lipinski definition) is 2. The first-order valence-electron chi connectivity index (χ1n) is 8.64. The maximum absolute atomic E-state index is 12.9. The molecular weight excluding hydrogens is 390 g/mol. The molecule has 1 heterocycles. The summed E-state index contributed by atoms with van der Waals surface area (Å²) in [7, 11) is 1.16. The van der Waals surface area contributed by atoms with Gasteiger partial charge in [0, 0.05) is 0 Å². The molecule has 2 aromatic carbocycles. The summed E-state index contributed by atoms with van der Waals surface area (Å²) in [6.45, 7) is -0.0703. The van der Waals surface area contributed by atoms with Gasteiger partial charge in [0.05, 0.1) is 24.4 Å². The number of ether oxygens (including phenoxy) is 2. The summed E-state index contributed by atoms with van der Waals surface area (Å²) in [5.74, 6) is -1.23. The van der Waals surface area contributed by atoms with Crippen molar-refractivity contribution in [3.8, 4) is 11.8 Å². The van der Waals surface area contributed by atoms with E-state index in [1.807, 2.05) is 36.4 Å². The van der Waals surface area contributed by atoms with Crippen LogP contribution in [-0.2, 0) is 14.3 Å². The molecule has 0 saturated carbocycles. The van der Waals surface area contributed by atoms with Gasteiger partial charge in [0.1, 0.15) is 11.8 Å². The number of thiocarbonyl (C=S) groups is 1. The second kappa shape index (κ2) is 8.99. The van der Waals surface area contributed by atoms with Crippen molar-refractivity contribution in [3.63, 3.8) is 0 Å². The Morgan fingerprint density at radius 3 is 2.45 bits per heavy atom. The summed E-state index contributed by atoms with van der Waals surface area (Å²) in [5.41, 5.74) is 2.04. The van der Waals surface area contributed by atoms with Crippen molar-refractivity contribution in [2.24, 2.45) is 0 Å². The summed E-state index contributed by atoms with van der Waals surface area (Å²) in [6.07, 6.45) is 0. The number of benzene rings is 2. The molecule has 1 atom stereocenters. The molecule has 29 heavy (non-hydrogen) atoms. The molecule has 0 bridgehead atoms. The minimum atomic E-state index is -0.969. The highest BCUT2D eigenvalue weighted by molar-refractivity contribution is 7.80. The highest BCUT2D eigenvalue weighted by Gasteiger charge is 2.35. The van der Waals surface area contributed by atoms with E-state index in [1.54, 1.807) is 24.3 Å². The predicted molar refractivity (Wildman–Crippen MR) is 110 cm³/mol. The Hall–Kier alpha value is -3.70. The van der Waals surface area contributed by atoms with E-state index < -0.39 is 17.8 Å². The first-order valence-corrected chi connectivity index (χ1v) is 9.05. The van der Waals surface area contributed by atoms with Crippen LogP contribution in [0, 0.1) is 11.3 Å². The summed E-state index contributed by atoms with van der Waals surface area (Å²) < 4.78 is 9.93. The molecule has 0 saturated heterocycles. The zero-order chi connectivity index (χ0) is 20.8. The molecule has 1 aliphatic rings. The molecule has 0 radical (unpaired) electrons. The number of ketones is 1. The average Bonchev–Trinajstić information content (AvgIpc) is 2.77. The Morgan fingerprint density at radius 2 is 1.83 bits per heavy atom. The van der Waals surface area contributed by atoms with Gasteiger partial charge < -0.3 is 20.1 Å². The maximum atomic E-state index is 12.9. The van der Waals surface area contributed by atoms with Crippen molar-refractivity contribution in [2.45, 2.75) is 6.04 Å². The molecule has 0 unspecified atom stereocenters. The van der Waals surface area contributed by atoms with Crippen LogP contribution >= 0.6 is 12.2 Å². The van der Waals surface area contributed by atoms with Gasteiger partial charge in [-0.15, -0.1) is 0 Å². The molecule has 3 rings (SSSR count). The van der Waals surface area contributed by atoms with Crippen LogP contribution in [0.2, 0.25) is 0 Å². The molecule has 0 amide bonds. The van der Waals surface area contributed by atoms with Gasteiger partial charge in [-0.2, -0.15) is 5.26 Å². The van der Waals surface area contributed by atoms with Crippen molar-refractivity contribution < 1.29 is 19.1 Å². The molecule has 7 nitrogen and oxygen atoms in total. The summed E-state index contributed by atoms with van der Waals surface area (Å²) in [4.78, 5) is 25.0. The van der Waals surface area contributed by atoms with Crippen LogP contribution in [0.4, 0.5) is 0 Å². The molecule has 1 aliphatic heterocycles. The lowest BCUT2D eigenvalue weighted by Crippen LogP contribution is -2.46. The average molecular weight is 407 g/mol. The van der Waals surface area contributed by atoms with E-state index in [-0.39, 0.29) is 12.2 Å². The monoisotopic (exact) mass is 407 g/mol. The number of carbonyl (C=O) groups excluding carboxylic acids is 2. The van der Waals surface area contributed by atoms with Gasteiger partial charge in [0.15, 0.2) is 11.7 Å². The topological polar surface area (TPSA) is 100 Å². The van der Waals surface area contributed by atoms with E-state index in [2.05, 4.69) is 15.4 Å². The quantitative estimate of drug-likeness (QED) is 0.427. The van der Waals surface area contributed by atoms with Gasteiger partial charge in [-0.05, 0) is 35.5 Å². The van der Waals surface area contributed by atoms with Crippen LogP contribution in [0.5, 0.6) is 5.75 Å². The van der Waals surface area contributed by atoms with Gasteiger partial charge >= 0.3 is 5.97 Å². The van der Waals surface area contributed by atoms with Crippen LogP contribution in [0.25, 0.3) is 5.70 Å². The van der Waals surface area contributed by atoms with Gasteiger partial charge in [-0.25, -0.2) is 4.79 Å². The minimum absolute atomic E-state index is 0.0703. The van der Waals surface area contributed by atoms with E-state index in [4.69, 9.17) is 22.2 Å². The Morgan fingerprint density at radius 1 is 1.14 bits per heavy atom.